The summed E-state index contributed by atoms with van der Waals surface area (Å²) in [5.41, 5.74) is 8.65. The van der Waals surface area contributed by atoms with Crippen molar-refractivity contribution in [2.24, 2.45) is 5.73 Å². The molecular formula is C26H32F2N4O2. The number of hydrogen-bond donors (Lipinski definition) is 2. The number of benzene rings is 2. The van der Waals surface area contributed by atoms with Crippen LogP contribution in [0, 0.1) is 11.6 Å². The number of aromatic nitrogens is 2. The molecule has 8 heteroatoms. The second-order valence-electron chi connectivity index (χ2n) is 8.56. The van der Waals surface area contributed by atoms with Gasteiger partial charge in [-0.2, -0.15) is 0 Å². The predicted octanol–water partition coefficient (Wildman–Crippen LogP) is 3.46. The molecule has 0 aliphatic carbocycles. The van der Waals surface area contributed by atoms with Gasteiger partial charge in [0.2, 0.25) is 5.91 Å². The molecule has 182 valence electrons. The summed E-state index contributed by atoms with van der Waals surface area (Å²) >= 11 is 0. The Morgan fingerprint density at radius 1 is 1.15 bits per heavy atom. The van der Waals surface area contributed by atoms with E-state index in [9.17, 15) is 18.7 Å². The first-order valence-corrected chi connectivity index (χ1v) is 11.5. The highest BCUT2D eigenvalue weighted by atomic mass is 19.1. The van der Waals surface area contributed by atoms with Gasteiger partial charge < -0.3 is 20.3 Å². The summed E-state index contributed by atoms with van der Waals surface area (Å²) in [6.07, 6.45) is 6.09. The molecule has 0 radical (unpaired) electrons. The van der Waals surface area contributed by atoms with Gasteiger partial charge in [-0.15, -0.1) is 0 Å². The monoisotopic (exact) mass is 470 g/mol. The second kappa shape index (κ2) is 12.4. The van der Waals surface area contributed by atoms with Gasteiger partial charge in [0.1, 0.15) is 11.6 Å². The van der Waals surface area contributed by atoms with E-state index < -0.39 is 23.8 Å². The van der Waals surface area contributed by atoms with E-state index >= 15 is 0 Å². The Morgan fingerprint density at radius 3 is 2.56 bits per heavy atom. The van der Waals surface area contributed by atoms with E-state index in [0.29, 0.717) is 31.5 Å². The molecule has 3 rings (SSSR count). The fraction of sp³-hybridized carbons (Fsp3) is 0.385. The van der Waals surface area contributed by atoms with Crippen LogP contribution in [0.1, 0.15) is 36.5 Å². The standard InChI is InChI=1S/C26H32F2N4O2/c1-2-19-5-3-6-20(11-19)16-32(26(34)7-4-9-31-10-8-30-18-31)17-25(33)24(29)14-21-12-22(27)15-23(28)13-21/h3,5-6,8,10-13,15,18,24-25,33H,2,4,7,9,14,16-17,29H2,1H3. The van der Waals surface area contributed by atoms with Crippen molar-refractivity contribution in [2.45, 2.75) is 57.8 Å². The third kappa shape index (κ3) is 7.74. The number of amides is 1. The summed E-state index contributed by atoms with van der Waals surface area (Å²) < 4.78 is 28.9. The zero-order valence-electron chi connectivity index (χ0n) is 19.4. The number of imidazole rings is 1. The van der Waals surface area contributed by atoms with Gasteiger partial charge in [0.05, 0.1) is 12.4 Å². The van der Waals surface area contributed by atoms with Crippen LogP contribution in [0.25, 0.3) is 0 Å². The van der Waals surface area contributed by atoms with Crippen molar-refractivity contribution in [3.05, 3.63) is 89.5 Å². The SMILES string of the molecule is CCc1cccc(CN(CC(O)C(N)Cc2cc(F)cc(F)c2)C(=O)CCCn2ccnc2)c1. The van der Waals surface area contributed by atoms with Crippen molar-refractivity contribution in [3.63, 3.8) is 0 Å². The van der Waals surface area contributed by atoms with E-state index in [1.165, 1.54) is 12.1 Å². The second-order valence-corrected chi connectivity index (χ2v) is 8.56. The Hall–Kier alpha value is -3.10. The van der Waals surface area contributed by atoms with Crippen LogP contribution >= 0.6 is 0 Å². The number of carbonyl (C=O) groups excluding carboxylic acids is 1. The van der Waals surface area contributed by atoms with Crippen LogP contribution in [0.3, 0.4) is 0 Å². The molecule has 1 heterocycles. The number of halogens is 2. The molecule has 0 bridgehead atoms. The van der Waals surface area contributed by atoms with Crippen molar-refractivity contribution in [3.8, 4) is 0 Å². The smallest absolute Gasteiger partial charge is 0.223 e. The Balaban J connectivity index is 1.67. The van der Waals surface area contributed by atoms with Gasteiger partial charge in [0.15, 0.2) is 0 Å². The van der Waals surface area contributed by atoms with Crippen molar-refractivity contribution in [1.82, 2.24) is 14.5 Å². The van der Waals surface area contributed by atoms with Crippen molar-refractivity contribution in [2.75, 3.05) is 6.54 Å². The maximum atomic E-state index is 13.5. The summed E-state index contributed by atoms with van der Waals surface area (Å²) in [6.45, 7) is 3.10. The van der Waals surface area contributed by atoms with Gasteiger partial charge in [-0.25, -0.2) is 13.8 Å². The number of hydrogen-bond acceptors (Lipinski definition) is 4. The Morgan fingerprint density at radius 2 is 1.88 bits per heavy atom. The van der Waals surface area contributed by atoms with Crippen molar-refractivity contribution in [1.29, 1.82) is 0 Å². The molecule has 0 saturated heterocycles. The highest BCUT2D eigenvalue weighted by Crippen LogP contribution is 2.15. The average molecular weight is 471 g/mol. The largest absolute Gasteiger partial charge is 0.390 e. The fourth-order valence-corrected chi connectivity index (χ4v) is 3.91. The summed E-state index contributed by atoms with van der Waals surface area (Å²) in [5, 5.41) is 10.8. The zero-order valence-corrected chi connectivity index (χ0v) is 19.4. The Bertz CT molecular complexity index is 1040. The van der Waals surface area contributed by atoms with Crippen LogP contribution in [0.4, 0.5) is 8.78 Å². The van der Waals surface area contributed by atoms with Gasteiger partial charge >= 0.3 is 0 Å². The molecule has 1 aromatic heterocycles. The molecule has 2 atom stereocenters. The molecule has 3 aromatic rings. The quantitative estimate of drug-likeness (QED) is 0.425. The Kier molecular flexibility index (Phi) is 9.30. The number of aliphatic hydroxyl groups is 1. The van der Waals surface area contributed by atoms with Crippen LogP contribution < -0.4 is 5.73 Å². The van der Waals surface area contributed by atoms with Crippen molar-refractivity contribution < 1.29 is 18.7 Å². The number of aliphatic hydroxyl groups excluding tert-OH is 1. The van der Waals surface area contributed by atoms with Gasteiger partial charge in [-0.3, -0.25) is 4.79 Å². The van der Waals surface area contributed by atoms with E-state index in [2.05, 4.69) is 11.9 Å². The first kappa shape index (κ1) is 25.5. The summed E-state index contributed by atoms with van der Waals surface area (Å²) in [7, 11) is 0. The molecule has 2 unspecified atom stereocenters. The molecule has 2 aromatic carbocycles. The van der Waals surface area contributed by atoms with Crippen molar-refractivity contribution >= 4 is 5.91 Å². The Labute approximate surface area is 199 Å². The minimum Gasteiger partial charge on any atom is -0.390 e. The summed E-state index contributed by atoms with van der Waals surface area (Å²) in [6, 6.07) is 10.4. The number of nitrogens with two attached hydrogens (primary N) is 1. The lowest BCUT2D eigenvalue weighted by Crippen LogP contribution is -2.46. The summed E-state index contributed by atoms with van der Waals surface area (Å²) in [4.78, 5) is 18.7. The van der Waals surface area contributed by atoms with Gasteiger partial charge in [0.25, 0.3) is 0 Å². The minimum atomic E-state index is -1.06. The first-order valence-electron chi connectivity index (χ1n) is 11.5. The molecular weight excluding hydrogens is 438 g/mol. The maximum Gasteiger partial charge on any atom is 0.223 e. The van der Waals surface area contributed by atoms with Gasteiger partial charge in [0, 0.05) is 50.6 Å². The molecule has 0 spiro atoms. The van der Waals surface area contributed by atoms with Gasteiger partial charge in [-0.1, -0.05) is 31.2 Å². The van der Waals surface area contributed by atoms with Gasteiger partial charge in [-0.05, 0) is 48.1 Å². The lowest BCUT2D eigenvalue weighted by molar-refractivity contribution is -0.133. The average Bonchev–Trinajstić information content (AvgIpc) is 3.31. The lowest BCUT2D eigenvalue weighted by Gasteiger charge is -2.28. The van der Waals surface area contributed by atoms with Crippen LogP contribution in [-0.4, -0.2) is 44.2 Å². The number of nitrogens with zero attached hydrogens (tertiary/aromatic N) is 3. The third-order valence-electron chi connectivity index (χ3n) is 5.79. The molecule has 3 N–H and O–H groups in total. The van der Waals surface area contributed by atoms with E-state index in [-0.39, 0.29) is 18.9 Å². The number of aryl methyl sites for hydroxylation is 2. The minimum absolute atomic E-state index is 0.0270. The van der Waals surface area contributed by atoms with Crippen LogP contribution in [-0.2, 0) is 30.7 Å². The fourth-order valence-electron chi connectivity index (χ4n) is 3.91. The summed E-state index contributed by atoms with van der Waals surface area (Å²) in [5.74, 6) is -1.48. The van der Waals surface area contributed by atoms with E-state index in [4.69, 9.17) is 5.73 Å². The molecule has 0 aliphatic rings. The zero-order chi connectivity index (χ0) is 24.5. The van der Waals surface area contributed by atoms with Crippen LogP contribution in [0.2, 0.25) is 0 Å². The highest BCUT2D eigenvalue weighted by molar-refractivity contribution is 5.76. The van der Waals surface area contributed by atoms with Crippen LogP contribution in [0.15, 0.2) is 61.2 Å². The molecule has 0 saturated carbocycles. The molecule has 1 amide bonds. The van der Waals surface area contributed by atoms with E-state index in [1.807, 2.05) is 35.0 Å². The van der Waals surface area contributed by atoms with E-state index in [0.717, 1.165) is 23.6 Å². The topological polar surface area (TPSA) is 84.4 Å². The number of rotatable bonds is 12. The normalized spacial score (nSPS) is 13.0. The highest BCUT2D eigenvalue weighted by Gasteiger charge is 2.23. The maximum absolute atomic E-state index is 13.5. The van der Waals surface area contributed by atoms with Crippen LogP contribution in [0.5, 0.6) is 0 Å². The predicted molar refractivity (Wildman–Crippen MR) is 127 cm³/mol. The molecule has 0 fully saturated rings. The third-order valence-corrected chi connectivity index (χ3v) is 5.79. The number of carbonyl (C=O) groups is 1. The lowest BCUT2D eigenvalue weighted by atomic mass is 10.0. The van der Waals surface area contributed by atoms with E-state index in [1.54, 1.807) is 17.4 Å². The molecule has 0 aliphatic heterocycles. The molecule has 34 heavy (non-hydrogen) atoms. The first-order chi connectivity index (χ1) is 16.3. The molecule has 6 nitrogen and oxygen atoms in total.